The Balaban J connectivity index is 4.00. The van der Waals surface area contributed by atoms with E-state index >= 15 is 0 Å². The van der Waals surface area contributed by atoms with Crippen molar-refractivity contribution in [2.24, 2.45) is 5.92 Å². The summed E-state index contributed by atoms with van der Waals surface area (Å²) in [6.07, 6.45) is 1.24. The molecule has 9 heavy (non-hydrogen) atoms. The van der Waals surface area contributed by atoms with Crippen molar-refractivity contribution in [1.82, 2.24) is 0 Å². The fourth-order valence-corrected chi connectivity index (χ4v) is 0.361. The lowest BCUT2D eigenvalue weighted by molar-refractivity contribution is -0.131. The molecule has 0 radical (unpaired) electrons. The zero-order valence-corrected chi connectivity index (χ0v) is 6.01. The van der Waals surface area contributed by atoms with Crippen molar-refractivity contribution in [2.45, 2.75) is 20.8 Å². The number of carboxylic acid groups (broad SMARTS) is 1. The van der Waals surface area contributed by atoms with Gasteiger partial charge in [-0.1, -0.05) is 19.4 Å². The van der Waals surface area contributed by atoms with Gasteiger partial charge in [-0.15, -0.1) is 0 Å². The minimum absolute atomic E-state index is 0.334. The Morgan fingerprint density at radius 3 is 2.11 bits per heavy atom. The van der Waals surface area contributed by atoms with E-state index in [2.05, 4.69) is 0 Å². The van der Waals surface area contributed by atoms with Crippen LogP contribution in [0.2, 0.25) is 0 Å². The van der Waals surface area contributed by atoms with Gasteiger partial charge in [0.1, 0.15) is 0 Å². The van der Waals surface area contributed by atoms with Gasteiger partial charge in [-0.25, -0.2) is 4.79 Å². The summed E-state index contributed by atoms with van der Waals surface area (Å²) in [6, 6.07) is 0. The highest BCUT2D eigenvalue weighted by atomic mass is 16.4. The number of allylic oxidation sites excluding steroid dienone is 1. The van der Waals surface area contributed by atoms with Gasteiger partial charge in [-0.05, 0) is 12.8 Å². The Morgan fingerprint density at radius 1 is 1.56 bits per heavy atom. The van der Waals surface area contributed by atoms with Gasteiger partial charge in [0, 0.05) is 6.08 Å². The van der Waals surface area contributed by atoms with Gasteiger partial charge in [0.25, 0.3) is 0 Å². The lowest BCUT2D eigenvalue weighted by Crippen LogP contribution is -1.94. The Hall–Kier alpha value is -0.790. The highest BCUT2D eigenvalue weighted by molar-refractivity contribution is 5.80. The number of hydrogen-bond acceptors (Lipinski definition) is 1. The van der Waals surface area contributed by atoms with Crippen LogP contribution in [0.25, 0.3) is 0 Å². The third kappa shape index (κ3) is 3.76. The molecule has 0 heterocycles. The molecule has 0 aromatic rings. The molecule has 0 aliphatic rings. The molecule has 52 valence electrons. The smallest absolute Gasteiger partial charge is 0.328 e. The van der Waals surface area contributed by atoms with E-state index in [1.165, 1.54) is 6.08 Å². The molecule has 2 nitrogen and oxygen atoms in total. The van der Waals surface area contributed by atoms with E-state index in [0.29, 0.717) is 5.92 Å². The Kier molecular flexibility index (Phi) is 2.99. The molecular weight excluding hydrogens is 116 g/mol. The molecule has 0 saturated heterocycles. The van der Waals surface area contributed by atoms with E-state index in [9.17, 15) is 4.79 Å². The second-order valence-corrected chi connectivity index (χ2v) is 2.38. The molecule has 0 atom stereocenters. The average Bonchev–Trinajstić information content (AvgIpc) is 1.63. The zero-order chi connectivity index (χ0) is 7.44. The highest BCUT2D eigenvalue weighted by Gasteiger charge is 1.97. The zero-order valence-electron chi connectivity index (χ0n) is 6.01. The van der Waals surface area contributed by atoms with Crippen LogP contribution >= 0.6 is 0 Å². The summed E-state index contributed by atoms with van der Waals surface area (Å²) in [5, 5.41) is 8.26. The van der Waals surface area contributed by atoms with Crippen LogP contribution in [0, 0.1) is 5.92 Å². The van der Waals surface area contributed by atoms with E-state index in [-0.39, 0.29) is 0 Å². The number of aliphatic carboxylic acids is 1. The van der Waals surface area contributed by atoms with Crippen LogP contribution in [0.15, 0.2) is 11.6 Å². The molecular formula is C7H12O2. The fourth-order valence-electron chi connectivity index (χ4n) is 0.361. The minimum atomic E-state index is -0.860. The monoisotopic (exact) mass is 128 g/mol. The minimum Gasteiger partial charge on any atom is -0.478 e. The Morgan fingerprint density at radius 2 is 2.00 bits per heavy atom. The summed E-state index contributed by atoms with van der Waals surface area (Å²) in [7, 11) is 0. The van der Waals surface area contributed by atoms with E-state index in [1.54, 1.807) is 0 Å². The van der Waals surface area contributed by atoms with Crippen molar-refractivity contribution >= 4 is 5.97 Å². The lowest BCUT2D eigenvalue weighted by Gasteiger charge is -2.00. The number of hydrogen-bond donors (Lipinski definition) is 1. The fraction of sp³-hybridized carbons (Fsp3) is 0.571. The molecule has 0 aromatic heterocycles. The molecule has 2 heteroatoms. The maximum absolute atomic E-state index is 10.0. The molecule has 0 saturated carbocycles. The summed E-state index contributed by atoms with van der Waals surface area (Å²) in [5.74, 6) is -0.526. The van der Waals surface area contributed by atoms with E-state index in [4.69, 9.17) is 5.11 Å². The number of carbonyl (C=O) groups is 1. The topological polar surface area (TPSA) is 37.3 Å². The van der Waals surface area contributed by atoms with Crippen LogP contribution in [0.5, 0.6) is 0 Å². The second kappa shape index (κ2) is 3.28. The van der Waals surface area contributed by atoms with Gasteiger partial charge in [-0.2, -0.15) is 0 Å². The third-order valence-electron chi connectivity index (χ3n) is 1.26. The highest BCUT2D eigenvalue weighted by Crippen LogP contribution is 2.06. The predicted octanol–water partition coefficient (Wildman–Crippen LogP) is 1.67. The maximum Gasteiger partial charge on any atom is 0.328 e. The largest absolute Gasteiger partial charge is 0.478 e. The van der Waals surface area contributed by atoms with Crippen LogP contribution in [-0.2, 0) is 4.79 Å². The summed E-state index contributed by atoms with van der Waals surface area (Å²) >= 11 is 0. The maximum atomic E-state index is 10.0. The van der Waals surface area contributed by atoms with E-state index in [1.807, 2.05) is 20.8 Å². The van der Waals surface area contributed by atoms with Gasteiger partial charge >= 0.3 is 5.97 Å². The first kappa shape index (κ1) is 8.21. The number of carboxylic acids is 1. The molecule has 0 aromatic carbocycles. The van der Waals surface area contributed by atoms with Crippen LogP contribution in [0.4, 0.5) is 0 Å². The average molecular weight is 128 g/mol. The van der Waals surface area contributed by atoms with E-state index in [0.717, 1.165) is 5.57 Å². The van der Waals surface area contributed by atoms with Crippen LogP contribution in [0.3, 0.4) is 0 Å². The van der Waals surface area contributed by atoms with Crippen LogP contribution in [0.1, 0.15) is 20.8 Å². The standard InChI is InChI=1S/C7H12O2/c1-5(2)6(3)4-7(8)9/h4-5H,1-3H3,(H,8,9)/b6-4+. The molecule has 0 fully saturated rings. The van der Waals surface area contributed by atoms with Crippen LogP contribution < -0.4 is 0 Å². The first-order valence-electron chi connectivity index (χ1n) is 2.95. The molecule has 1 N–H and O–H groups in total. The van der Waals surface area contributed by atoms with Crippen molar-refractivity contribution in [3.63, 3.8) is 0 Å². The molecule has 0 unspecified atom stereocenters. The van der Waals surface area contributed by atoms with Gasteiger partial charge in [0.05, 0.1) is 0 Å². The van der Waals surface area contributed by atoms with Crippen molar-refractivity contribution < 1.29 is 9.90 Å². The Labute approximate surface area is 55.2 Å². The Bertz CT molecular complexity index is 134. The predicted molar refractivity (Wildman–Crippen MR) is 36.2 cm³/mol. The molecule has 0 amide bonds. The molecule has 0 aliphatic carbocycles. The van der Waals surface area contributed by atoms with Gasteiger partial charge in [0.2, 0.25) is 0 Å². The first-order chi connectivity index (χ1) is 4.04. The second-order valence-electron chi connectivity index (χ2n) is 2.38. The van der Waals surface area contributed by atoms with Crippen LogP contribution in [-0.4, -0.2) is 11.1 Å². The molecule has 0 bridgehead atoms. The van der Waals surface area contributed by atoms with Gasteiger partial charge in [-0.3, -0.25) is 0 Å². The summed E-state index contributed by atoms with van der Waals surface area (Å²) in [6.45, 7) is 5.75. The summed E-state index contributed by atoms with van der Waals surface area (Å²) < 4.78 is 0. The SMILES string of the molecule is C/C(=C\C(=O)O)C(C)C. The quantitative estimate of drug-likeness (QED) is 0.574. The van der Waals surface area contributed by atoms with Crippen molar-refractivity contribution in [3.05, 3.63) is 11.6 Å². The molecule has 0 spiro atoms. The first-order valence-corrected chi connectivity index (χ1v) is 2.95. The summed E-state index contributed by atoms with van der Waals surface area (Å²) in [5.41, 5.74) is 0.905. The van der Waals surface area contributed by atoms with Crippen molar-refractivity contribution in [3.8, 4) is 0 Å². The van der Waals surface area contributed by atoms with Crippen molar-refractivity contribution in [2.75, 3.05) is 0 Å². The number of rotatable bonds is 2. The normalized spacial score (nSPS) is 12.2. The molecule has 0 aliphatic heterocycles. The summed E-state index contributed by atoms with van der Waals surface area (Å²) in [4.78, 5) is 10.0. The molecule has 0 rings (SSSR count). The van der Waals surface area contributed by atoms with Gasteiger partial charge in [0.15, 0.2) is 0 Å². The van der Waals surface area contributed by atoms with Gasteiger partial charge < -0.3 is 5.11 Å². The van der Waals surface area contributed by atoms with E-state index < -0.39 is 5.97 Å². The van der Waals surface area contributed by atoms with Crippen molar-refractivity contribution in [1.29, 1.82) is 0 Å². The lowest BCUT2D eigenvalue weighted by atomic mass is 10.1. The third-order valence-corrected chi connectivity index (χ3v) is 1.26.